The number of nitrogens with zero attached hydrogens (tertiary/aromatic N) is 3. The smallest absolute Gasteiger partial charge is 0.0961 e. The van der Waals surface area contributed by atoms with Crippen LogP contribution in [0, 0.1) is 27.7 Å². The number of hydrogen-bond acceptors (Lipinski definition) is 3. The molecule has 0 amide bonds. The van der Waals surface area contributed by atoms with Gasteiger partial charge < -0.3 is 5.11 Å². The summed E-state index contributed by atoms with van der Waals surface area (Å²) in [6.07, 6.45) is 0.898. The molecular weight excluding hydrogens is 370 g/mol. The van der Waals surface area contributed by atoms with Gasteiger partial charge in [-0.1, -0.05) is 42.0 Å². The standard InChI is InChI=1S/C26H33N3O/c1-6-29-24(15-28-14-22-10-8-7-9-21(22)13-23(28)16-30)20(5)26(27-29)25-18(3)11-17(2)12-19(25)4/h7-12,23,30H,6,13-16H2,1-5H3. The van der Waals surface area contributed by atoms with Crippen LogP contribution in [0.3, 0.4) is 0 Å². The summed E-state index contributed by atoms with van der Waals surface area (Å²) in [6, 6.07) is 13.2. The van der Waals surface area contributed by atoms with Crippen molar-refractivity contribution in [1.29, 1.82) is 0 Å². The maximum absolute atomic E-state index is 10.1. The van der Waals surface area contributed by atoms with E-state index in [2.05, 4.69) is 80.6 Å². The predicted octanol–water partition coefficient (Wildman–Crippen LogP) is 4.72. The number of fused-ring (bicyclic) bond motifs is 1. The van der Waals surface area contributed by atoms with E-state index < -0.39 is 0 Å². The molecule has 158 valence electrons. The molecule has 2 heterocycles. The normalized spacial score (nSPS) is 16.7. The zero-order chi connectivity index (χ0) is 21.4. The average molecular weight is 404 g/mol. The summed E-state index contributed by atoms with van der Waals surface area (Å²) < 4.78 is 2.15. The zero-order valence-electron chi connectivity index (χ0n) is 18.9. The van der Waals surface area contributed by atoms with Crippen molar-refractivity contribution in [2.45, 2.75) is 66.7 Å². The van der Waals surface area contributed by atoms with Gasteiger partial charge in [0.25, 0.3) is 0 Å². The molecule has 1 atom stereocenters. The molecule has 2 aromatic carbocycles. The van der Waals surface area contributed by atoms with Crippen molar-refractivity contribution >= 4 is 0 Å². The molecule has 0 aliphatic carbocycles. The van der Waals surface area contributed by atoms with Crippen molar-refractivity contribution in [2.75, 3.05) is 6.61 Å². The summed E-state index contributed by atoms with van der Waals surface area (Å²) >= 11 is 0. The SMILES string of the molecule is CCn1nc(-c2c(C)cc(C)cc2C)c(C)c1CN1Cc2ccccc2CC1CO. The van der Waals surface area contributed by atoms with Gasteiger partial charge in [-0.3, -0.25) is 9.58 Å². The van der Waals surface area contributed by atoms with E-state index in [1.54, 1.807) is 0 Å². The van der Waals surface area contributed by atoms with E-state index in [0.29, 0.717) is 0 Å². The van der Waals surface area contributed by atoms with Crippen LogP contribution >= 0.6 is 0 Å². The third kappa shape index (κ3) is 3.70. The number of aliphatic hydroxyl groups is 1. The quantitative estimate of drug-likeness (QED) is 0.670. The average Bonchev–Trinajstić information content (AvgIpc) is 3.02. The van der Waals surface area contributed by atoms with Crippen molar-refractivity contribution in [3.63, 3.8) is 0 Å². The Morgan fingerprint density at radius 3 is 2.33 bits per heavy atom. The Labute approximate surface area is 180 Å². The number of rotatable bonds is 5. The van der Waals surface area contributed by atoms with Crippen molar-refractivity contribution < 1.29 is 5.11 Å². The van der Waals surface area contributed by atoms with Crippen LogP contribution in [0.5, 0.6) is 0 Å². The van der Waals surface area contributed by atoms with E-state index in [1.807, 2.05) is 0 Å². The molecule has 30 heavy (non-hydrogen) atoms. The lowest BCUT2D eigenvalue weighted by Crippen LogP contribution is -2.42. The fourth-order valence-electron chi connectivity index (χ4n) is 5.04. The number of aryl methyl sites for hydroxylation is 4. The molecule has 4 nitrogen and oxygen atoms in total. The first-order valence-corrected chi connectivity index (χ1v) is 11.0. The molecule has 1 N–H and O–H groups in total. The minimum absolute atomic E-state index is 0.144. The Hall–Kier alpha value is -2.43. The van der Waals surface area contributed by atoms with Gasteiger partial charge in [0.05, 0.1) is 18.0 Å². The highest BCUT2D eigenvalue weighted by Crippen LogP contribution is 2.33. The number of benzene rings is 2. The third-order valence-electron chi connectivity index (χ3n) is 6.56. The Balaban J connectivity index is 1.72. The lowest BCUT2D eigenvalue weighted by atomic mass is 9.93. The minimum Gasteiger partial charge on any atom is -0.395 e. The van der Waals surface area contributed by atoms with Crippen LogP contribution in [0.4, 0.5) is 0 Å². The number of aromatic nitrogens is 2. The first-order valence-electron chi connectivity index (χ1n) is 11.0. The molecule has 1 aliphatic heterocycles. The van der Waals surface area contributed by atoms with Crippen molar-refractivity contribution in [3.8, 4) is 11.3 Å². The summed E-state index contributed by atoms with van der Waals surface area (Å²) in [5, 5.41) is 15.1. The van der Waals surface area contributed by atoms with Crippen LogP contribution in [0.1, 0.15) is 46.0 Å². The summed E-state index contributed by atoms with van der Waals surface area (Å²) in [4.78, 5) is 2.41. The molecule has 1 aliphatic rings. The van der Waals surface area contributed by atoms with E-state index in [0.717, 1.165) is 31.7 Å². The zero-order valence-corrected chi connectivity index (χ0v) is 18.9. The lowest BCUT2D eigenvalue weighted by molar-refractivity contribution is 0.0969. The maximum Gasteiger partial charge on any atom is 0.0961 e. The highest BCUT2D eigenvalue weighted by atomic mass is 16.3. The van der Waals surface area contributed by atoms with Gasteiger partial charge >= 0.3 is 0 Å². The van der Waals surface area contributed by atoms with E-state index in [9.17, 15) is 5.11 Å². The summed E-state index contributed by atoms with van der Waals surface area (Å²) in [5.41, 5.74) is 11.4. The largest absolute Gasteiger partial charge is 0.395 e. The van der Waals surface area contributed by atoms with Crippen molar-refractivity contribution in [3.05, 3.63) is 75.5 Å². The lowest BCUT2D eigenvalue weighted by Gasteiger charge is -2.36. The summed E-state index contributed by atoms with van der Waals surface area (Å²) in [6.45, 7) is 13.6. The van der Waals surface area contributed by atoms with Crippen LogP contribution in [-0.4, -0.2) is 32.4 Å². The van der Waals surface area contributed by atoms with E-state index in [4.69, 9.17) is 5.10 Å². The molecule has 1 aromatic heterocycles. The Morgan fingerprint density at radius 2 is 1.70 bits per heavy atom. The molecule has 0 saturated heterocycles. The van der Waals surface area contributed by atoms with Crippen LogP contribution < -0.4 is 0 Å². The minimum atomic E-state index is 0.144. The van der Waals surface area contributed by atoms with Crippen LogP contribution in [0.25, 0.3) is 11.3 Å². The van der Waals surface area contributed by atoms with E-state index in [1.165, 1.54) is 44.6 Å². The highest BCUT2D eigenvalue weighted by Gasteiger charge is 2.28. The molecule has 1 unspecified atom stereocenters. The molecule has 3 aromatic rings. The monoisotopic (exact) mass is 403 g/mol. The number of aliphatic hydroxyl groups excluding tert-OH is 1. The fraction of sp³-hybridized carbons (Fsp3) is 0.423. The van der Waals surface area contributed by atoms with Gasteiger partial charge in [0.2, 0.25) is 0 Å². The summed E-state index contributed by atoms with van der Waals surface area (Å²) in [7, 11) is 0. The molecule has 4 heteroatoms. The molecular formula is C26H33N3O. The van der Waals surface area contributed by atoms with E-state index >= 15 is 0 Å². The first-order chi connectivity index (χ1) is 14.4. The second-order valence-electron chi connectivity index (χ2n) is 8.72. The Bertz CT molecular complexity index is 1040. The van der Waals surface area contributed by atoms with Gasteiger partial charge in [0.15, 0.2) is 0 Å². The summed E-state index contributed by atoms with van der Waals surface area (Å²) in [5.74, 6) is 0. The Morgan fingerprint density at radius 1 is 1.03 bits per heavy atom. The predicted molar refractivity (Wildman–Crippen MR) is 123 cm³/mol. The topological polar surface area (TPSA) is 41.3 Å². The molecule has 4 rings (SSSR count). The molecule has 0 fully saturated rings. The van der Waals surface area contributed by atoms with Gasteiger partial charge in [-0.25, -0.2) is 0 Å². The first kappa shape index (κ1) is 20.8. The molecule has 0 bridgehead atoms. The van der Waals surface area contributed by atoms with Gasteiger partial charge in [-0.2, -0.15) is 5.10 Å². The van der Waals surface area contributed by atoms with Gasteiger partial charge in [0, 0.05) is 31.2 Å². The number of hydrogen-bond donors (Lipinski definition) is 1. The van der Waals surface area contributed by atoms with Gasteiger partial charge in [-0.05, 0) is 68.9 Å². The van der Waals surface area contributed by atoms with E-state index in [-0.39, 0.29) is 12.6 Å². The fourth-order valence-corrected chi connectivity index (χ4v) is 5.04. The molecule has 0 radical (unpaired) electrons. The van der Waals surface area contributed by atoms with Gasteiger partial charge in [-0.15, -0.1) is 0 Å². The van der Waals surface area contributed by atoms with Crippen LogP contribution in [0.15, 0.2) is 36.4 Å². The van der Waals surface area contributed by atoms with Crippen LogP contribution in [-0.2, 0) is 26.1 Å². The molecule has 0 saturated carbocycles. The molecule has 0 spiro atoms. The van der Waals surface area contributed by atoms with Crippen molar-refractivity contribution in [2.24, 2.45) is 0 Å². The third-order valence-corrected chi connectivity index (χ3v) is 6.56. The van der Waals surface area contributed by atoms with Crippen LogP contribution in [0.2, 0.25) is 0 Å². The Kier molecular flexibility index (Phi) is 5.81. The maximum atomic E-state index is 10.1. The highest BCUT2D eigenvalue weighted by molar-refractivity contribution is 5.71. The second kappa shape index (κ2) is 8.37. The van der Waals surface area contributed by atoms with Crippen molar-refractivity contribution in [1.82, 2.24) is 14.7 Å². The second-order valence-corrected chi connectivity index (χ2v) is 8.72. The van der Waals surface area contributed by atoms with Gasteiger partial charge in [0.1, 0.15) is 0 Å².